The Morgan fingerprint density at radius 2 is 2.10 bits per heavy atom. The normalized spacial score (nSPS) is 19.2. The zero-order valence-corrected chi connectivity index (χ0v) is 12.1. The lowest BCUT2D eigenvalue weighted by molar-refractivity contribution is -0.137. The van der Waals surface area contributed by atoms with Crippen molar-refractivity contribution in [1.82, 2.24) is 9.80 Å². The summed E-state index contributed by atoms with van der Waals surface area (Å²) in [6.45, 7) is 1.77. The third-order valence-corrected chi connectivity index (χ3v) is 3.48. The first-order chi connectivity index (χ1) is 9.79. The number of benzene rings is 1. The highest BCUT2D eigenvalue weighted by atomic mass is 19.4. The van der Waals surface area contributed by atoms with Crippen molar-refractivity contribution in [3.8, 4) is 0 Å². The van der Waals surface area contributed by atoms with E-state index in [1.54, 1.807) is 6.07 Å². The molecule has 1 aliphatic heterocycles. The van der Waals surface area contributed by atoms with Crippen molar-refractivity contribution in [3.63, 3.8) is 0 Å². The zero-order valence-electron chi connectivity index (χ0n) is 12.1. The maximum atomic E-state index is 12.8. The van der Waals surface area contributed by atoms with Gasteiger partial charge in [-0.25, -0.2) is 0 Å². The molecule has 1 aliphatic rings. The molecule has 0 saturated heterocycles. The molecule has 0 radical (unpaired) electrons. The molecule has 0 fully saturated rings. The number of likely N-dealkylation sites (N-methyl/N-ethyl adjacent to an activating group) is 1. The first-order valence-corrected chi connectivity index (χ1v) is 6.67. The Bertz CT molecular complexity index is 525. The number of nitrogens with zero attached hydrogens (tertiary/aromatic N) is 3. The summed E-state index contributed by atoms with van der Waals surface area (Å²) in [6, 6.07) is 5.15. The number of hydrogen-bond donors (Lipinski definition) is 1. The topological polar surface area (TPSA) is 44.9 Å². The van der Waals surface area contributed by atoms with Crippen LogP contribution < -0.4 is 5.73 Å². The maximum Gasteiger partial charge on any atom is 0.416 e. The van der Waals surface area contributed by atoms with Gasteiger partial charge in [-0.15, -0.1) is 0 Å². The summed E-state index contributed by atoms with van der Waals surface area (Å²) in [5.41, 5.74) is 5.80. The van der Waals surface area contributed by atoms with E-state index in [9.17, 15) is 13.2 Å². The van der Waals surface area contributed by atoms with Crippen LogP contribution in [0.1, 0.15) is 17.2 Å². The summed E-state index contributed by atoms with van der Waals surface area (Å²) in [5, 5.41) is 0. The van der Waals surface area contributed by atoms with Crippen LogP contribution >= 0.6 is 0 Å². The number of aliphatic imine (C=N–C) groups is 1. The molecule has 2 rings (SSSR count). The van der Waals surface area contributed by atoms with Crippen LogP contribution in [0, 0.1) is 0 Å². The van der Waals surface area contributed by atoms with Crippen molar-refractivity contribution in [2.24, 2.45) is 10.7 Å². The Balaban J connectivity index is 2.20. The summed E-state index contributed by atoms with van der Waals surface area (Å²) >= 11 is 0. The molecule has 1 aromatic rings. The molecule has 2 N–H and O–H groups in total. The molecule has 116 valence electrons. The summed E-state index contributed by atoms with van der Waals surface area (Å²) in [7, 11) is 3.87. The predicted molar refractivity (Wildman–Crippen MR) is 75.9 cm³/mol. The van der Waals surface area contributed by atoms with E-state index in [4.69, 9.17) is 5.73 Å². The van der Waals surface area contributed by atoms with Gasteiger partial charge in [-0.3, -0.25) is 4.99 Å². The van der Waals surface area contributed by atoms with E-state index in [1.165, 1.54) is 12.1 Å². The van der Waals surface area contributed by atoms with E-state index in [1.807, 2.05) is 23.9 Å². The SMILES string of the molecule is CN(C)CCN1C(N)=NCC1c1cccc(C(F)(F)F)c1. The van der Waals surface area contributed by atoms with Gasteiger partial charge in [-0.1, -0.05) is 12.1 Å². The van der Waals surface area contributed by atoms with Crippen LogP contribution in [0.15, 0.2) is 29.3 Å². The highest BCUT2D eigenvalue weighted by Gasteiger charge is 2.33. The molecular weight excluding hydrogens is 281 g/mol. The number of halogens is 3. The number of nitrogens with two attached hydrogens (primary N) is 1. The Labute approximate surface area is 122 Å². The highest BCUT2D eigenvalue weighted by molar-refractivity contribution is 5.80. The van der Waals surface area contributed by atoms with E-state index >= 15 is 0 Å². The van der Waals surface area contributed by atoms with Gasteiger partial charge in [-0.05, 0) is 31.8 Å². The van der Waals surface area contributed by atoms with Gasteiger partial charge in [0, 0.05) is 13.1 Å². The van der Waals surface area contributed by atoms with Crippen molar-refractivity contribution >= 4 is 5.96 Å². The van der Waals surface area contributed by atoms with Gasteiger partial charge in [-0.2, -0.15) is 13.2 Å². The van der Waals surface area contributed by atoms with E-state index in [0.29, 0.717) is 24.6 Å². The lowest BCUT2D eigenvalue weighted by Crippen LogP contribution is -2.40. The summed E-state index contributed by atoms with van der Waals surface area (Å²) in [5.74, 6) is 0.388. The van der Waals surface area contributed by atoms with Gasteiger partial charge >= 0.3 is 6.18 Å². The minimum atomic E-state index is -4.34. The largest absolute Gasteiger partial charge is 0.416 e. The van der Waals surface area contributed by atoms with Gasteiger partial charge in [0.15, 0.2) is 5.96 Å². The first-order valence-electron chi connectivity index (χ1n) is 6.67. The third-order valence-electron chi connectivity index (χ3n) is 3.48. The first kappa shape index (κ1) is 15.6. The monoisotopic (exact) mass is 300 g/mol. The Morgan fingerprint density at radius 3 is 2.71 bits per heavy atom. The van der Waals surface area contributed by atoms with Crippen molar-refractivity contribution in [2.75, 3.05) is 33.7 Å². The molecule has 0 bridgehead atoms. The fourth-order valence-electron chi connectivity index (χ4n) is 2.31. The smallest absolute Gasteiger partial charge is 0.370 e. The highest BCUT2D eigenvalue weighted by Crippen LogP contribution is 2.33. The average molecular weight is 300 g/mol. The van der Waals surface area contributed by atoms with E-state index in [0.717, 1.165) is 12.6 Å². The molecule has 1 unspecified atom stereocenters. The Kier molecular flexibility index (Phi) is 4.41. The van der Waals surface area contributed by atoms with Crippen molar-refractivity contribution in [3.05, 3.63) is 35.4 Å². The number of alkyl halides is 3. The third kappa shape index (κ3) is 3.66. The summed E-state index contributed by atoms with van der Waals surface area (Å²) in [6.07, 6.45) is -4.34. The van der Waals surface area contributed by atoms with Crippen LogP contribution in [-0.2, 0) is 6.18 Å². The van der Waals surface area contributed by atoms with Gasteiger partial charge in [0.05, 0.1) is 18.2 Å². The van der Waals surface area contributed by atoms with Gasteiger partial charge in [0.2, 0.25) is 0 Å². The maximum absolute atomic E-state index is 12.8. The molecular formula is C14H19F3N4. The lowest BCUT2D eigenvalue weighted by Gasteiger charge is -2.28. The number of guanidine groups is 1. The fraction of sp³-hybridized carbons (Fsp3) is 0.500. The predicted octanol–water partition coefficient (Wildman–Crippen LogP) is 1.94. The van der Waals surface area contributed by atoms with Gasteiger partial charge in [0.1, 0.15) is 0 Å². The Morgan fingerprint density at radius 1 is 1.38 bits per heavy atom. The van der Waals surface area contributed by atoms with E-state index in [-0.39, 0.29) is 6.04 Å². The molecule has 0 spiro atoms. The van der Waals surface area contributed by atoms with Crippen LogP contribution in [0.2, 0.25) is 0 Å². The van der Waals surface area contributed by atoms with Crippen molar-refractivity contribution in [1.29, 1.82) is 0 Å². The quantitative estimate of drug-likeness (QED) is 0.924. The Hall–Kier alpha value is -1.76. The summed E-state index contributed by atoms with van der Waals surface area (Å²) < 4.78 is 38.4. The molecule has 21 heavy (non-hydrogen) atoms. The molecule has 1 aromatic carbocycles. The minimum Gasteiger partial charge on any atom is -0.370 e. The second kappa shape index (κ2) is 5.93. The molecule has 0 saturated carbocycles. The molecule has 7 heteroatoms. The molecule has 1 heterocycles. The minimum absolute atomic E-state index is 0.229. The van der Waals surface area contributed by atoms with Gasteiger partial charge in [0.25, 0.3) is 0 Å². The average Bonchev–Trinajstić information content (AvgIpc) is 2.77. The lowest BCUT2D eigenvalue weighted by atomic mass is 10.0. The fourth-order valence-corrected chi connectivity index (χ4v) is 2.31. The van der Waals surface area contributed by atoms with Crippen LogP contribution in [0.3, 0.4) is 0 Å². The number of rotatable bonds is 4. The van der Waals surface area contributed by atoms with Crippen LogP contribution in [0.25, 0.3) is 0 Å². The molecule has 0 aliphatic carbocycles. The van der Waals surface area contributed by atoms with Crippen molar-refractivity contribution < 1.29 is 13.2 Å². The summed E-state index contributed by atoms with van der Waals surface area (Å²) in [4.78, 5) is 8.02. The van der Waals surface area contributed by atoms with Crippen LogP contribution in [0.4, 0.5) is 13.2 Å². The van der Waals surface area contributed by atoms with E-state index in [2.05, 4.69) is 4.99 Å². The zero-order chi connectivity index (χ0) is 15.6. The standard InChI is InChI=1S/C14H19F3N4/c1-20(2)6-7-21-12(9-19-13(21)18)10-4-3-5-11(8-10)14(15,16)17/h3-5,8,12H,6-7,9H2,1-2H3,(H2,18,19). The second-order valence-electron chi connectivity index (χ2n) is 5.33. The van der Waals surface area contributed by atoms with Crippen LogP contribution in [-0.4, -0.2) is 49.5 Å². The molecule has 1 atom stereocenters. The van der Waals surface area contributed by atoms with Gasteiger partial charge < -0.3 is 15.5 Å². The number of hydrogen-bond acceptors (Lipinski definition) is 4. The van der Waals surface area contributed by atoms with Crippen LogP contribution in [0.5, 0.6) is 0 Å². The molecule has 4 nitrogen and oxygen atoms in total. The van der Waals surface area contributed by atoms with E-state index < -0.39 is 11.7 Å². The molecule has 0 amide bonds. The second-order valence-corrected chi connectivity index (χ2v) is 5.33. The molecule has 0 aromatic heterocycles. The van der Waals surface area contributed by atoms with Crippen molar-refractivity contribution in [2.45, 2.75) is 12.2 Å².